The third kappa shape index (κ3) is 1.93. The Kier molecular flexibility index (Phi) is 2.79. The highest BCUT2D eigenvalue weighted by molar-refractivity contribution is 5.32. The predicted octanol–water partition coefficient (Wildman–Crippen LogP) is 2.83. The molecule has 1 rings (SSSR count). The van der Waals surface area contributed by atoms with Crippen molar-refractivity contribution in [1.29, 1.82) is 0 Å². The Morgan fingerprint density at radius 2 is 1.77 bits per heavy atom. The summed E-state index contributed by atoms with van der Waals surface area (Å²) in [6.07, 6.45) is 2.06. The summed E-state index contributed by atoms with van der Waals surface area (Å²) in [6.45, 7) is 11.1. The molecule has 1 heterocycles. The second kappa shape index (κ2) is 3.52. The van der Waals surface area contributed by atoms with Crippen molar-refractivity contribution in [3.63, 3.8) is 0 Å². The van der Waals surface area contributed by atoms with Crippen molar-refractivity contribution in [2.45, 2.75) is 52.9 Å². The van der Waals surface area contributed by atoms with Crippen LogP contribution in [-0.4, -0.2) is 10.2 Å². The van der Waals surface area contributed by atoms with Crippen LogP contribution in [0.3, 0.4) is 0 Å². The Balaban J connectivity index is 3.20. The van der Waals surface area contributed by atoms with Crippen molar-refractivity contribution in [2.24, 2.45) is 0 Å². The number of hydrogen-bond donors (Lipinski definition) is 1. The SMILES string of the molecule is CCc1n[nH]c(CC)c1C(C)(C)C. The monoisotopic (exact) mass is 180 g/mol. The van der Waals surface area contributed by atoms with E-state index in [4.69, 9.17) is 0 Å². The second-order valence-corrected chi connectivity index (χ2v) is 4.48. The van der Waals surface area contributed by atoms with Crippen LogP contribution < -0.4 is 0 Å². The van der Waals surface area contributed by atoms with E-state index in [0.29, 0.717) is 0 Å². The Bertz CT molecular complexity index is 257. The predicted molar refractivity (Wildman–Crippen MR) is 56.0 cm³/mol. The molecule has 0 aliphatic carbocycles. The smallest absolute Gasteiger partial charge is 0.0659 e. The van der Waals surface area contributed by atoms with Gasteiger partial charge in [-0.25, -0.2) is 0 Å². The van der Waals surface area contributed by atoms with Crippen molar-refractivity contribution in [2.75, 3.05) is 0 Å². The number of rotatable bonds is 2. The van der Waals surface area contributed by atoms with Crippen molar-refractivity contribution in [3.05, 3.63) is 17.0 Å². The van der Waals surface area contributed by atoms with E-state index < -0.39 is 0 Å². The molecule has 0 aliphatic rings. The van der Waals surface area contributed by atoms with Crippen LogP contribution >= 0.6 is 0 Å². The summed E-state index contributed by atoms with van der Waals surface area (Å²) >= 11 is 0. The maximum absolute atomic E-state index is 4.35. The third-order valence-corrected chi connectivity index (χ3v) is 2.35. The summed E-state index contributed by atoms with van der Waals surface area (Å²) < 4.78 is 0. The molecule has 0 fully saturated rings. The van der Waals surface area contributed by atoms with Gasteiger partial charge in [0.05, 0.1) is 5.69 Å². The maximum Gasteiger partial charge on any atom is 0.0659 e. The molecular weight excluding hydrogens is 160 g/mol. The highest BCUT2D eigenvalue weighted by atomic mass is 15.1. The maximum atomic E-state index is 4.35. The lowest BCUT2D eigenvalue weighted by Crippen LogP contribution is -2.15. The number of nitrogens with zero attached hydrogens (tertiary/aromatic N) is 1. The van der Waals surface area contributed by atoms with Gasteiger partial charge in [-0.3, -0.25) is 5.10 Å². The first-order chi connectivity index (χ1) is 6.00. The standard InChI is InChI=1S/C11H20N2/c1-6-8-10(11(3,4)5)9(7-2)13-12-8/h6-7H2,1-5H3,(H,12,13). The molecule has 0 atom stereocenters. The van der Waals surface area contributed by atoms with E-state index in [2.05, 4.69) is 44.8 Å². The first-order valence-electron chi connectivity index (χ1n) is 5.07. The van der Waals surface area contributed by atoms with Crippen molar-refractivity contribution < 1.29 is 0 Å². The molecule has 0 aromatic carbocycles. The molecule has 0 unspecified atom stereocenters. The molecule has 0 saturated carbocycles. The molecular formula is C11H20N2. The molecule has 1 aromatic rings. The summed E-state index contributed by atoms with van der Waals surface area (Å²) in [5, 5.41) is 7.48. The van der Waals surface area contributed by atoms with Crippen molar-refractivity contribution in [3.8, 4) is 0 Å². The quantitative estimate of drug-likeness (QED) is 0.745. The Morgan fingerprint density at radius 3 is 2.15 bits per heavy atom. The molecule has 0 aliphatic heterocycles. The van der Waals surface area contributed by atoms with Crippen LogP contribution in [-0.2, 0) is 18.3 Å². The highest BCUT2D eigenvalue weighted by Gasteiger charge is 2.22. The molecule has 1 N–H and O–H groups in total. The molecule has 13 heavy (non-hydrogen) atoms. The third-order valence-electron chi connectivity index (χ3n) is 2.35. The minimum atomic E-state index is 0.212. The molecule has 0 radical (unpaired) electrons. The molecule has 0 spiro atoms. The van der Waals surface area contributed by atoms with Crippen LogP contribution in [0.15, 0.2) is 0 Å². The average Bonchev–Trinajstić information content (AvgIpc) is 2.45. The van der Waals surface area contributed by atoms with Gasteiger partial charge in [0.25, 0.3) is 0 Å². The normalized spacial score (nSPS) is 12.1. The summed E-state index contributed by atoms with van der Waals surface area (Å²) in [5.74, 6) is 0. The van der Waals surface area contributed by atoms with Gasteiger partial charge >= 0.3 is 0 Å². The fourth-order valence-electron chi connectivity index (χ4n) is 1.82. The van der Waals surface area contributed by atoms with Gasteiger partial charge in [-0.1, -0.05) is 34.6 Å². The van der Waals surface area contributed by atoms with Crippen molar-refractivity contribution >= 4 is 0 Å². The van der Waals surface area contributed by atoms with Gasteiger partial charge in [0, 0.05) is 11.3 Å². The lowest BCUT2D eigenvalue weighted by molar-refractivity contribution is 0.577. The zero-order valence-electron chi connectivity index (χ0n) is 9.36. The molecule has 0 saturated heterocycles. The minimum absolute atomic E-state index is 0.212. The molecule has 2 nitrogen and oxygen atoms in total. The van der Waals surface area contributed by atoms with Gasteiger partial charge in [0.2, 0.25) is 0 Å². The average molecular weight is 180 g/mol. The zero-order valence-corrected chi connectivity index (χ0v) is 9.36. The van der Waals surface area contributed by atoms with Gasteiger partial charge in [0.1, 0.15) is 0 Å². The number of aromatic nitrogens is 2. The fourth-order valence-corrected chi connectivity index (χ4v) is 1.82. The van der Waals surface area contributed by atoms with Crippen LogP contribution in [0, 0.1) is 0 Å². The van der Waals surface area contributed by atoms with Crippen molar-refractivity contribution in [1.82, 2.24) is 10.2 Å². The summed E-state index contributed by atoms with van der Waals surface area (Å²) in [4.78, 5) is 0. The van der Waals surface area contributed by atoms with E-state index in [9.17, 15) is 0 Å². The molecule has 2 heteroatoms. The van der Waals surface area contributed by atoms with E-state index in [1.165, 1.54) is 17.0 Å². The lowest BCUT2D eigenvalue weighted by atomic mass is 9.84. The van der Waals surface area contributed by atoms with Gasteiger partial charge < -0.3 is 0 Å². The number of nitrogens with one attached hydrogen (secondary N) is 1. The molecule has 0 amide bonds. The minimum Gasteiger partial charge on any atom is -0.282 e. The highest BCUT2D eigenvalue weighted by Crippen LogP contribution is 2.28. The summed E-state index contributed by atoms with van der Waals surface area (Å²) in [7, 11) is 0. The van der Waals surface area contributed by atoms with Gasteiger partial charge in [0.15, 0.2) is 0 Å². The van der Waals surface area contributed by atoms with Crippen LogP contribution in [0.2, 0.25) is 0 Å². The summed E-state index contributed by atoms with van der Waals surface area (Å²) in [5.41, 5.74) is 4.15. The number of aromatic amines is 1. The first-order valence-corrected chi connectivity index (χ1v) is 5.07. The van der Waals surface area contributed by atoms with E-state index in [1.54, 1.807) is 0 Å². The topological polar surface area (TPSA) is 28.7 Å². The van der Waals surface area contributed by atoms with E-state index in [-0.39, 0.29) is 5.41 Å². The molecule has 74 valence electrons. The Morgan fingerprint density at radius 1 is 1.15 bits per heavy atom. The van der Waals surface area contributed by atoms with Crippen LogP contribution in [0.4, 0.5) is 0 Å². The lowest BCUT2D eigenvalue weighted by Gasteiger charge is -2.20. The molecule has 0 bridgehead atoms. The number of hydrogen-bond acceptors (Lipinski definition) is 1. The Hall–Kier alpha value is -0.790. The molecule has 1 aromatic heterocycles. The van der Waals surface area contributed by atoms with Crippen LogP contribution in [0.1, 0.15) is 51.6 Å². The van der Waals surface area contributed by atoms with Crippen LogP contribution in [0.5, 0.6) is 0 Å². The Labute approximate surface area is 80.7 Å². The van der Waals surface area contributed by atoms with Crippen LogP contribution in [0.25, 0.3) is 0 Å². The number of aryl methyl sites for hydroxylation is 2. The number of H-pyrrole nitrogens is 1. The second-order valence-electron chi connectivity index (χ2n) is 4.48. The summed E-state index contributed by atoms with van der Waals surface area (Å²) in [6, 6.07) is 0. The first kappa shape index (κ1) is 10.3. The zero-order chi connectivity index (χ0) is 10.1. The van der Waals surface area contributed by atoms with Gasteiger partial charge in [-0.2, -0.15) is 5.10 Å². The van der Waals surface area contributed by atoms with E-state index >= 15 is 0 Å². The van der Waals surface area contributed by atoms with E-state index in [0.717, 1.165) is 12.8 Å². The van der Waals surface area contributed by atoms with E-state index in [1.807, 2.05) is 0 Å². The van der Waals surface area contributed by atoms with Gasteiger partial charge in [-0.15, -0.1) is 0 Å². The van der Waals surface area contributed by atoms with Gasteiger partial charge in [-0.05, 0) is 18.3 Å². The fraction of sp³-hybridized carbons (Fsp3) is 0.727. The largest absolute Gasteiger partial charge is 0.282 e.